The number of ether oxygens (including phenoxy) is 2. The maximum atomic E-state index is 14.4. The highest BCUT2D eigenvalue weighted by molar-refractivity contribution is 5.95. The number of phenols is 1. The third-order valence-electron chi connectivity index (χ3n) is 6.57. The van der Waals surface area contributed by atoms with Crippen molar-refractivity contribution in [2.45, 2.75) is 24.1 Å². The molecule has 9 nitrogen and oxygen atoms in total. The van der Waals surface area contributed by atoms with Gasteiger partial charge in [-0.3, -0.25) is 9.59 Å². The summed E-state index contributed by atoms with van der Waals surface area (Å²) in [7, 11) is 1.22. The Hall–Kier alpha value is -4.39. The van der Waals surface area contributed by atoms with Crippen molar-refractivity contribution >= 4 is 11.8 Å². The van der Waals surface area contributed by atoms with Gasteiger partial charge >= 0.3 is 6.18 Å². The first-order valence-corrected chi connectivity index (χ1v) is 11.4. The summed E-state index contributed by atoms with van der Waals surface area (Å²) in [5.74, 6) is -2.96. The first kappa shape index (κ1) is 27.6. The summed E-state index contributed by atoms with van der Waals surface area (Å²) in [6.07, 6.45) is -5.36. The first-order chi connectivity index (χ1) is 18.2. The van der Waals surface area contributed by atoms with E-state index in [1.54, 1.807) is 0 Å². The zero-order chi connectivity index (χ0) is 28.8. The molecule has 2 amide bonds. The highest BCUT2D eigenvalue weighted by Crippen LogP contribution is 2.47. The number of fused-ring (bicyclic) bond motifs is 1. The van der Waals surface area contributed by atoms with Gasteiger partial charge in [0, 0.05) is 16.7 Å². The minimum atomic E-state index is -5.36. The molecular formula is C26H23F4N3O6. The minimum Gasteiger partial charge on any atom is -0.504 e. The Bertz CT molecular complexity index is 1450. The van der Waals surface area contributed by atoms with Crippen LogP contribution in [-0.4, -0.2) is 53.4 Å². The predicted molar refractivity (Wildman–Crippen MR) is 129 cm³/mol. The Kier molecular flexibility index (Phi) is 6.90. The molecule has 3 aromatic rings. The summed E-state index contributed by atoms with van der Waals surface area (Å²) >= 11 is 0. The van der Waals surface area contributed by atoms with E-state index in [9.17, 15) is 37.4 Å². The van der Waals surface area contributed by atoms with E-state index < -0.39 is 47.1 Å². The number of methoxy groups -OCH3 is 1. The van der Waals surface area contributed by atoms with Crippen LogP contribution in [0.3, 0.4) is 0 Å². The van der Waals surface area contributed by atoms with Crippen molar-refractivity contribution < 1.29 is 46.8 Å². The highest BCUT2D eigenvalue weighted by Gasteiger charge is 2.57. The number of aromatic nitrogens is 1. The van der Waals surface area contributed by atoms with E-state index >= 15 is 0 Å². The van der Waals surface area contributed by atoms with Gasteiger partial charge in [-0.2, -0.15) is 13.2 Å². The van der Waals surface area contributed by atoms with Gasteiger partial charge in [-0.1, -0.05) is 0 Å². The summed E-state index contributed by atoms with van der Waals surface area (Å²) in [6, 6.07) is 8.84. The van der Waals surface area contributed by atoms with Crippen LogP contribution in [0.25, 0.3) is 11.3 Å². The van der Waals surface area contributed by atoms with E-state index in [-0.39, 0.29) is 46.2 Å². The van der Waals surface area contributed by atoms with E-state index in [2.05, 4.69) is 4.98 Å². The van der Waals surface area contributed by atoms with Crippen LogP contribution in [0.5, 0.6) is 17.2 Å². The number of nitrogens with zero attached hydrogens (tertiary/aromatic N) is 1. The van der Waals surface area contributed by atoms with E-state index in [0.29, 0.717) is 0 Å². The van der Waals surface area contributed by atoms with E-state index in [0.717, 1.165) is 36.4 Å². The fraction of sp³-hybridized carbons (Fsp3) is 0.269. The third kappa shape index (κ3) is 4.80. The zero-order valence-electron chi connectivity index (χ0n) is 20.6. The Morgan fingerprint density at radius 3 is 2.44 bits per heavy atom. The lowest BCUT2D eigenvalue weighted by molar-refractivity contribution is -0.265. The van der Waals surface area contributed by atoms with Crippen molar-refractivity contribution in [3.63, 3.8) is 0 Å². The second kappa shape index (κ2) is 9.73. The van der Waals surface area contributed by atoms with Gasteiger partial charge < -0.3 is 30.7 Å². The monoisotopic (exact) mass is 549 g/mol. The van der Waals surface area contributed by atoms with Crippen LogP contribution in [0.15, 0.2) is 48.5 Å². The quantitative estimate of drug-likeness (QED) is 0.332. The van der Waals surface area contributed by atoms with Gasteiger partial charge in [-0.25, -0.2) is 9.37 Å². The van der Waals surface area contributed by atoms with Gasteiger partial charge in [0.25, 0.3) is 5.91 Å². The van der Waals surface area contributed by atoms with Crippen LogP contribution in [0.1, 0.15) is 28.5 Å². The minimum absolute atomic E-state index is 0.0450. The molecule has 39 heavy (non-hydrogen) atoms. The summed E-state index contributed by atoms with van der Waals surface area (Å²) in [5, 5.41) is 22.8. The van der Waals surface area contributed by atoms with E-state index in [1.807, 2.05) is 5.32 Å². The van der Waals surface area contributed by atoms with Crippen LogP contribution in [-0.2, 0) is 15.8 Å². The number of benzene rings is 2. The zero-order valence-corrected chi connectivity index (χ0v) is 20.6. The number of hydrogen-bond acceptors (Lipinski definition) is 7. The number of aliphatic hydroxyl groups is 1. The molecule has 1 aliphatic heterocycles. The Morgan fingerprint density at radius 2 is 1.85 bits per heavy atom. The fourth-order valence-corrected chi connectivity index (χ4v) is 4.07. The van der Waals surface area contributed by atoms with Gasteiger partial charge in [-0.15, -0.1) is 0 Å². The molecular weight excluding hydrogens is 526 g/mol. The molecule has 13 heteroatoms. The van der Waals surface area contributed by atoms with Crippen molar-refractivity contribution in [1.82, 2.24) is 10.3 Å². The number of primary amides is 1. The summed E-state index contributed by atoms with van der Waals surface area (Å²) in [5.41, 5.74) is -0.979. The molecule has 0 fully saturated rings. The highest BCUT2D eigenvalue weighted by atomic mass is 19.4. The Balaban J connectivity index is 1.82. The number of rotatable bonds is 7. The van der Waals surface area contributed by atoms with Gasteiger partial charge in [0.2, 0.25) is 11.5 Å². The van der Waals surface area contributed by atoms with E-state index in [4.69, 9.17) is 15.2 Å². The van der Waals surface area contributed by atoms with Crippen molar-refractivity contribution in [2.75, 3.05) is 20.3 Å². The van der Waals surface area contributed by atoms with Gasteiger partial charge in [0.1, 0.15) is 29.3 Å². The summed E-state index contributed by atoms with van der Waals surface area (Å²) in [6.45, 7) is -0.311. The van der Waals surface area contributed by atoms with Crippen LogP contribution in [0, 0.1) is 5.82 Å². The standard InChI is InChI=1S/C26H23F4N3O6/c1-24(23(31)36)12-39-21-16(24)10-19(33-20(21)13-3-6-15(27)7-4-13)25(37,26(28,29)30)11-32-22(35)14-5-8-17(34)18(9-14)38-2/h3-10,34,37H,11-12H2,1-2H3,(H2,31,36)(H,32,35)/t24-,25?/m0/s1. The van der Waals surface area contributed by atoms with Crippen LogP contribution >= 0.6 is 0 Å². The van der Waals surface area contributed by atoms with E-state index in [1.165, 1.54) is 26.2 Å². The number of nitrogens with two attached hydrogens (primary N) is 1. The van der Waals surface area contributed by atoms with Crippen LogP contribution in [0.4, 0.5) is 17.6 Å². The Labute approximate surface area is 219 Å². The Morgan fingerprint density at radius 1 is 1.18 bits per heavy atom. The third-order valence-corrected chi connectivity index (χ3v) is 6.57. The molecule has 2 heterocycles. The van der Waals surface area contributed by atoms with Crippen molar-refractivity contribution in [3.05, 3.63) is 71.2 Å². The molecule has 1 aliphatic rings. The number of alkyl halides is 3. The molecule has 206 valence electrons. The number of carbonyl (C=O) groups excluding carboxylic acids is 2. The molecule has 4 rings (SSSR count). The molecule has 1 aromatic heterocycles. The topological polar surface area (TPSA) is 144 Å². The molecule has 2 atom stereocenters. The number of aromatic hydroxyl groups is 1. The van der Waals surface area contributed by atoms with Crippen molar-refractivity contribution in [3.8, 4) is 28.5 Å². The lowest BCUT2D eigenvalue weighted by Gasteiger charge is -2.31. The number of hydrogen-bond donors (Lipinski definition) is 4. The average Bonchev–Trinajstić information content (AvgIpc) is 3.24. The largest absolute Gasteiger partial charge is 0.504 e. The lowest BCUT2D eigenvalue weighted by Crippen LogP contribution is -2.51. The van der Waals surface area contributed by atoms with Gasteiger partial charge in [0.15, 0.2) is 11.5 Å². The molecule has 0 saturated heterocycles. The number of pyridine rings is 1. The molecule has 0 bridgehead atoms. The second-order valence-corrected chi connectivity index (χ2v) is 9.15. The molecule has 5 N–H and O–H groups in total. The molecule has 2 aromatic carbocycles. The average molecular weight is 549 g/mol. The summed E-state index contributed by atoms with van der Waals surface area (Å²) in [4.78, 5) is 29.0. The maximum Gasteiger partial charge on any atom is 0.424 e. The number of phenolic OH excluding ortho intramolecular Hbond substituents is 1. The van der Waals surface area contributed by atoms with Crippen LogP contribution in [0.2, 0.25) is 0 Å². The molecule has 0 spiro atoms. The maximum absolute atomic E-state index is 14.4. The smallest absolute Gasteiger partial charge is 0.424 e. The lowest BCUT2D eigenvalue weighted by atomic mass is 9.81. The predicted octanol–water partition coefficient (Wildman–Crippen LogP) is 2.92. The van der Waals surface area contributed by atoms with Crippen molar-refractivity contribution in [1.29, 1.82) is 0 Å². The molecule has 0 radical (unpaired) electrons. The number of amides is 2. The second-order valence-electron chi connectivity index (χ2n) is 9.15. The first-order valence-electron chi connectivity index (χ1n) is 11.4. The number of carbonyl (C=O) groups is 2. The van der Waals surface area contributed by atoms with Gasteiger partial charge in [0.05, 0.1) is 19.3 Å². The molecule has 0 aliphatic carbocycles. The fourth-order valence-electron chi connectivity index (χ4n) is 4.07. The molecule has 0 saturated carbocycles. The van der Waals surface area contributed by atoms with Gasteiger partial charge in [-0.05, 0) is 55.5 Å². The molecule has 1 unspecified atom stereocenters. The number of halogens is 4. The normalized spacial score (nSPS) is 18.0. The number of nitrogens with one attached hydrogen (secondary N) is 1. The van der Waals surface area contributed by atoms with Crippen LogP contribution < -0.4 is 20.5 Å². The summed E-state index contributed by atoms with van der Waals surface area (Å²) < 4.78 is 67.4. The SMILES string of the molecule is COc1cc(C(=O)NCC(O)(c2cc3c(c(-c4ccc(F)cc4)n2)OC[C@]3(C)C(N)=O)C(F)(F)F)ccc1O. The van der Waals surface area contributed by atoms with Crippen molar-refractivity contribution in [2.24, 2.45) is 5.73 Å².